The Morgan fingerprint density at radius 2 is 1.69 bits per heavy atom. The fourth-order valence-electron chi connectivity index (χ4n) is 6.78. The molecule has 6 nitrogen and oxygen atoms in total. The Balaban J connectivity index is 1.33. The molecule has 4 atom stereocenters. The second-order valence-electron chi connectivity index (χ2n) is 10.7. The van der Waals surface area contributed by atoms with Crippen molar-refractivity contribution in [3.8, 4) is 11.8 Å². The van der Waals surface area contributed by atoms with E-state index in [1.54, 1.807) is 12.1 Å². The van der Waals surface area contributed by atoms with Gasteiger partial charge in [0.25, 0.3) is 0 Å². The predicted molar refractivity (Wildman–Crippen MR) is 136 cm³/mol. The molecule has 0 saturated carbocycles. The summed E-state index contributed by atoms with van der Waals surface area (Å²) in [6.45, 7) is 6.45. The van der Waals surface area contributed by atoms with Crippen LogP contribution in [0.25, 0.3) is 10.8 Å². The van der Waals surface area contributed by atoms with Crippen LogP contribution in [0, 0.1) is 37.0 Å². The van der Waals surface area contributed by atoms with Gasteiger partial charge in [-0.1, -0.05) is 30.3 Å². The first-order valence-electron chi connectivity index (χ1n) is 12.5. The van der Waals surface area contributed by atoms with E-state index in [1.807, 2.05) is 57.2 Å². The third kappa shape index (κ3) is 3.19. The van der Waals surface area contributed by atoms with Crippen LogP contribution in [0.15, 0.2) is 54.6 Å². The van der Waals surface area contributed by atoms with Crippen LogP contribution in [0.5, 0.6) is 5.75 Å². The highest BCUT2D eigenvalue weighted by molar-refractivity contribution is 6.26. The Labute approximate surface area is 210 Å². The topological polar surface area (TPSA) is 79.6 Å². The van der Waals surface area contributed by atoms with Crippen LogP contribution in [0.1, 0.15) is 42.9 Å². The Morgan fingerprint density at radius 1 is 1.00 bits per heavy atom. The standard InChI is InChI=1S/C30H28N2O4/c1-18-14-19(2)16-21(15-18)35-13-12-30-11-10-29(3,36-30)25-26(30)28(34)32(27(25)33)24-9-8-20(17-31)22-6-4-5-7-23(22)24/h4-9,14-16,25-26H,10-13H2,1-3H3/t25-,26+,29-,30-/m0/s1. The number of carbonyl (C=O) groups excluding carboxylic acids is 2. The molecule has 3 fully saturated rings. The lowest BCUT2D eigenvalue weighted by atomic mass is 9.67. The summed E-state index contributed by atoms with van der Waals surface area (Å²) in [4.78, 5) is 29.2. The van der Waals surface area contributed by atoms with Crippen LogP contribution < -0.4 is 9.64 Å². The molecule has 0 aliphatic carbocycles. The predicted octanol–water partition coefficient (Wildman–Crippen LogP) is 5.22. The highest BCUT2D eigenvalue weighted by Gasteiger charge is 2.73. The molecule has 2 amide bonds. The molecule has 0 unspecified atom stereocenters. The summed E-state index contributed by atoms with van der Waals surface area (Å²) < 4.78 is 12.7. The molecule has 0 radical (unpaired) electrons. The maximum atomic E-state index is 14.0. The van der Waals surface area contributed by atoms with E-state index in [0.29, 0.717) is 24.3 Å². The summed E-state index contributed by atoms with van der Waals surface area (Å²) in [6, 6.07) is 19.2. The Bertz CT molecular complexity index is 1450. The number of amides is 2. The van der Waals surface area contributed by atoms with E-state index < -0.39 is 23.0 Å². The van der Waals surface area contributed by atoms with Gasteiger partial charge in [0, 0.05) is 17.2 Å². The van der Waals surface area contributed by atoms with E-state index in [9.17, 15) is 14.9 Å². The number of hydrogen-bond donors (Lipinski definition) is 0. The number of fused-ring (bicyclic) bond motifs is 6. The SMILES string of the molecule is Cc1cc(C)cc(OCC[C@]23CC[C@](C)(O2)[C@@H]2C(=O)N(c4ccc(C#N)c5ccccc45)C(=O)[C@@H]23)c1. The molecule has 3 heterocycles. The van der Waals surface area contributed by atoms with Gasteiger partial charge < -0.3 is 9.47 Å². The fraction of sp³-hybridized carbons (Fsp3) is 0.367. The first-order valence-corrected chi connectivity index (χ1v) is 12.5. The van der Waals surface area contributed by atoms with Crippen molar-refractivity contribution in [3.05, 3.63) is 71.3 Å². The van der Waals surface area contributed by atoms with Crippen molar-refractivity contribution in [2.75, 3.05) is 11.5 Å². The Hall–Kier alpha value is -3.69. The molecule has 3 aromatic carbocycles. The molecule has 6 rings (SSSR count). The number of benzene rings is 3. The minimum Gasteiger partial charge on any atom is -0.493 e. The van der Waals surface area contributed by atoms with Crippen molar-refractivity contribution in [2.24, 2.45) is 11.8 Å². The molecule has 182 valence electrons. The minimum atomic E-state index is -0.720. The van der Waals surface area contributed by atoms with Gasteiger partial charge in [0.2, 0.25) is 11.8 Å². The van der Waals surface area contributed by atoms with Gasteiger partial charge in [-0.15, -0.1) is 0 Å². The number of nitrogens with zero attached hydrogens (tertiary/aromatic N) is 2. The van der Waals surface area contributed by atoms with E-state index in [-0.39, 0.29) is 11.8 Å². The maximum absolute atomic E-state index is 14.0. The monoisotopic (exact) mass is 480 g/mol. The van der Waals surface area contributed by atoms with Gasteiger partial charge in [0.05, 0.1) is 47.0 Å². The lowest BCUT2D eigenvalue weighted by Gasteiger charge is -2.31. The molecule has 6 heteroatoms. The molecular weight excluding hydrogens is 452 g/mol. The summed E-state index contributed by atoms with van der Waals surface area (Å²) in [6.07, 6.45) is 2.00. The zero-order chi connectivity index (χ0) is 25.2. The molecule has 36 heavy (non-hydrogen) atoms. The second kappa shape index (κ2) is 7.91. The number of nitriles is 1. The summed E-state index contributed by atoms with van der Waals surface area (Å²) in [5.74, 6) is -0.678. The molecule has 3 aromatic rings. The second-order valence-corrected chi connectivity index (χ2v) is 10.7. The van der Waals surface area contributed by atoms with E-state index in [4.69, 9.17) is 9.47 Å². The molecular formula is C30H28N2O4. The molecule has 0 N–H and O–H groups in total. The number of hydrogen-bond acceptors (Lipinski definition) is 5. The van der Waals surface area contributed by atoms with Crippen LogP contribution in [0.4, 0.5) is 5.69 Å². The van der Waals surface area contributed by atoms with Gasteiger partial charge in [-0.3, -0.25) is 9.59 Å². The molecule has 3 aliphatic heterocycles. The van der Waals surface area contributed by atoms with E-state index in [0.717, 1.165) is 40.5 Å². The lowest BCUT2D eigenvalue weighted by Crippen LogP contribution is -2.43. The van der Waals surface area contributed by atoms with Crippen LogP contribution in [0.3, 0.4) is 0 Å². The first-order chi connectivity index (χ1) is 17.3. The number of aryl methyl sites for hydroxylation is 2. The average molecular weight is 481 g/mol. The highest BCUT2D eigenvalue weighted by Crippen LogP contribution is 2.62. The molecule has 0 aromatic heterocycles. The molecule has 3 saturated heterocycles. The van der Waals surface area contributed by atoms with Gasteiger partial charge in [-0.05, 0) is 69.0 Å². The van der Waals surface area contributed by atoms with Crippen LogP contribution in [-0.4, -0.2) is 29.6 Å². The third-order valence-electron chi connectivity index (χ3n) is 8.26. The largest absolute Gasteiger partial charge is 0.493 e. The Kier molecular flexibility index (Phi) is 5.00. The summed E-state index contributed by atoms with van der Waals surface area (Å²) >= 11 is 0. The minimum absolute atomic E-state index is 0.209. The summed E-state index contributed by atoms with van der Waals surface area (Å²) in [5, 5.41) is 11.0. The molecule has 2 bridgehead atoms. The van der Waals surface area contributed by atoms with Gasteiger partial charge in [-0.25, -0.2) is 4.90 Å². The van der Waals surface area contributed by atoms with Gasteiger partial charge in [0.15, 0.2) is 0 Å². The quantitative estimate of drug-likeness (QED) is 0.468. The molecule has 0 spiro atoms. The number of carbonyl (C=O) groups is 2. The third-order valence-corrected chi connectivity index (χ3v) is 8.26. The van der Waals surface area contributed by atoms with Gasteiger partial charge >= 0.3 is 0 Å². The van der Waals surface area contributed by atoms with Crippen LogP contribution >= 0.6 is 0 Å². The van der Waals surface area contributed by atoms with E-state index in [2.05, 4.69) is 12.1 Å². The lowest BCUT2D eigenvalue weighted by molar-refractivity contribution is -0.131. The number of anilines is 1. The number of ether oxygens (including phenoxy) is 2. The number of rotatable bonds is 5. The van der Waals surface area contributed by atoms with Crippen molar-refractivity contribution in [1.29, 1.82) is 5.26 Å². The first kappa shape index (κ1) is 22.8. The normalized spacial score (nSPS) is 28.6. The van der Waals surface area contributed by atoms with E-state index in [1.165, 1.54) is 4.90 Å². The van der Waals surface area contributed by atoms with Crippen molar-refractivity contribution in [1.82, 2.24) is 0 Å². The number of imide groups is 1. The van der Waals surface area contributed by atoms with Crippen molar-refractivity contribution >= 4 is 28.3 Å². The molecule has 3 aliphatic rings. The highest BCUT2D eigenvalue weighted by atomic mass is 16.5. The summed E-state index contributed by atoms with van der Waals surface area (Å²) in [7, 11) is 0. The fourth-order valence-corrected chi connectivity index (χ4v) is 6.78. The Morgan fingerprint density at radius 3 is 2.42 bits per heavy atom. The zero-order valence-corrected chi connectivity index (χ0v) is 20.7. The van der Waals surface area contributed by atoms with Crippen molar-refractivity contribution in [3.63, 3.8) is 0 Å². The van der Waals surface area contributed by atoms with Crippen molar-refractivity contribution in [2.45, 2.75) is 51.2 Å². The van der Waals surface area contributed by atoms with Crippen LogP contribution in [0.2, 0.25) is 0 Å². The van der Waals surface area contributed by atoms with Gasteiger partial charge in [-0.2, -0.15) is 5.26 Å². The van der Waals surface area contributed by atoms with Crippen LogP contribution in [-0.2, 0) is 14.3 Å². The van der Waals surface area contributed by atoms with Crippen molar-refractivity contribution < 1.29 is 19.1 Å². The maximum Gasteiger partial charge on any atom is 0.240 e. The van der Waals surface area contributed by atoms with Gasteiger partial charge in [0.1, 0.15) is 5.75 Å². The van der Waals surface area contributed by atoms with E-state index >= 15 is 0 Å². The zero-order valence-electron chi connectivity index (χ0n) is 20.7. The summed E-state index contributed by atoms with van der Waals surface area (Å²) in [5.41, 5.74) is 1.94. The smallest absolute Gasteiger partial charge is 0.240 e. The average Bonchev–Trinajstić information content (AvgIpc) is 3.42.